The van der Waals surface area contributed by atoms with Crippen molar-refractivity contribution in [2.45, 2.75) is 6.92 Å². The lowest BCUT2D eigenvalue weighted by Crippen LogP contribution is -2.50. The van der Waals surface area contributed by atoms with Gasteiger partial charge in [-0.3, -0.25) is 0 Å². The van der Waals surface area contributed by atoms with Gasteiger partial charge in [0, 0.05) is 42.6 Å². The molecular weight excluding hydrogens is 364 g/mol. The Balaban J connectivity index is 1.58. The van der Waals surface area contributed by atoms with Gasteiger partial charge < -0.3 is 15.1 Å². The molecule has 0 saturated carbocycles. The van der Waals surface area contributed by atoms with Gasteiger partial charge in [-0.15, -0.1) is 0 Å². The highest BCUT2D eigenvalue weighted by Gasteiger charge is 2.21. The maximum atomic E-state index is 13.2. The van der Waals surface area contributed by atoms with E-state index >= 15 is 0 Å². The van der Waals surface area contributed by atoms with E-state index in [-0.39, 0.29) is 11.1 Å². The smallest absolute Gasteiger partial charge is 0.321 e. The number of amides is 2. The predicted octanol–water partition coefficient (Wildman–Crippen LogP) is 4.80. The molecule has 2 amide bonds. The van der Waals surface area contributed by atoms with Gasteiger partial charge in [-0.2, -0.15) is 0 Å². The first-order valence-corrected chi connectivity index (χ1v) is 8.72. The molecule has 132 valence electrons. The van der Waals surface area contributed by atoms with E-state index in [1.807, 2.05) is 25.1 Å². The van der Waals surface area contributed by atoms with E-state index in [1.165, 1.54) is 18.2 Å². The summed E-state index contributed by atoms with van der Waals surface area (Å²) in [6.07, 6.45) is 0. The Bertz CT molecular complexity index is 792. The van der Waals surface area contributed by atoms with Crippen molar-refractivity contribution in [3.63, 3.8) is 0 Å². The second kappa shape index (κ2) is 7.50. The molecule has 0 aromatic heterocycles. The van der Waals surface area contributed by atoms with Crippen LogP contribution in [0.3, 0.4) is 0 Å². The van der Waals surface area contributed by atoms with Gasteiger partial charge >= 0.3 is 6.03 Å². The lowest BCUT2D eigenvalue weighted by atomic mass is 10.2. The number of hydrogen-bond donors (Lipinski definition) is 1. The topological polar surface area (TPSA) is 35.6 Å². The van der Waals surface area contributed by atoms with Crippen LogP contribution in [-0.2, 0) is 0 Å². The maximum absolute atomic E-state index is 13.2. The van der Waals surface area contributed by atoms with Gasteiger partial charge in [0.05, 0.1) is 5.02 Å². The quantitative estimate of drug-likeness (QED) is 0.810. The minimum absolute atomic E-state index is 0.0149. The Hall–Kier alpha value is -1.98. The van der Waals surface area contributed by atoms with E-state index in [2.05, 4.69) is 10.2 Å². The molecule has 0 radical (unpaired) electrons. The molecule has 1 N–H and O–H groups in total. The van der Waals surface area contributed by atoms with E-state index in [9.17, 15) is 9.18 Å². The number of aryl methyl sites for hydroxylation is 1. The summed E-state index contributed by atoms with van der Waals surface area (Å²) in [5.41, 5.74) is 2.58. The van der Waals surface area contributed by atoms with Gasteiger partial charge in [0.25, 0.3) is 0 Å². The number of rotatable bonds is 2. The van der Waals surface area contributed by atoms with Crippen LogP contribution in [0, 0.1) is 12.7 Å². The molecule has 2 aromatic carbocycles. The molecular formula is C18H18Cl2FN3O. The Labute approximate surface area is 156 Å². The maximum Gasteiger partial charge on any atom is 0.321 e. The lowest BCUT2D eigenvalue weighted by Gasteiger charge is -2.36. The highest BCUT2D eigenvalue weighted by Crippen LogP contribution is 2.24. The molecule has 1 aliphatic rings. The van der Waals surface area contributed by atoms with Crippen molar-refractivity contribution in [1.82, 2.24) is 4.90 Å². The van der Waals surface area contributed by atoms with Crippen LogP contribution in [0.15, 0.2) is 36.4 Å². The Kier molecular flexibility index (Phi) is 5.35. The molecule has 7 heteroatoms. The molecule has 0 atom stereocenters. The minimum atomic E-state index is -0.509. The van der Waals surface area contributed by atoms with Gasteiger partial charge in [-0.05, 0) is 42.8 Å². The minimum Gasteiger partial charge on any atom is -0.368 e. The number of urea groups is 1. The third kappa shape index (κ3) is 4.17. The summed E-state index contributed by atoms with van der Waals surface area (Å²) in [6, 6.07) is 9.89. The SMILES string of the molecule is Cc1ccc(N2CCN(C(=O)Nc3ccc(F)c(Cl)c3)CC2)cc1Cl. The fraction of sp³-hybridized carbons (Fsp3) is 0.278. The number of benzene rings is 2. The van der Waals surface area contributed by atoms with E-state index in [1.54, 1.807) is 4.90 Å². The molecule has 0 spiro atoms. The largest absolute Gasteiger partial charge is 0.368 e. The van der Waals surface area contributed by atoms with Crippen molar-refractivity contribution in [2.75, 3.05) is 36.4 Å². The van der Waals surface area contributed by atoms with Gasteiger partial charge in [0.1, 0.15) is 5.82 Å². The molecule has 3 rings (SSSR count). The van der Waals surface area contributed by atoms with E-state index in [0.717, 1.165) is 29.4 Å². The van der Waals surface area contributed by atoms with Crippen molar-refractivity contribution in [3.8, 4) is 0 Å². The summed E-state index contributed by atoms with van der Waals surface area (Å²) in [5, 5.41) is 3.47. The van der Waals surface area contributed by atoms with E-state index in [4.69, 9.17) is 23.2 Å². The van der Waals surface area contributed by atoms with Crippen molar-refractivity contribution in [2.24, 2.45) is 0 Å². The monoisotopic (exact) mass is 381 g/mol. The summed E-state index contributed by atoms with van der Waals surface area (Å²) in [7, 11) is 0. The highest BCUT2D eigenvalue weighted by molar-refractivity contribution is 6.31. The zero-order valence-electron chi connectivity index (χ0n) is 13.7. The van der Waals surface area contributed by atoms with Crippen LogP contribution in [0.4, 0.5) is 20.6 Å². The Morgan fingerprint density at radius 1 is 1.04 bits per heavy atom. The van der Waals surface area contributed by atoms with Crippen molar-refractivity contribution < 1.29 is 9.18 Å². The van der Waals surface area contributed by atoms with Gasteiger partial charge in [-0.25, -0.2) is 9.18 Å². The summed E-state index contributed by atoms with van der Waals surface area (Å²) in [5.74, 6) is -0.509. The molecule has 0 aliphatic carbocycles. The summed E-state index contributed by atoms with van der Waals surface area (Å²) in [4.78, 5) is 16.3. The van der Waals surface area contributed by atoms with Crippen LogP contribution in [0.2, 0.25) is 10.0 Å². The first-order valence-electron chi connectivity index (χ1n) is 7.96. The fourth-order valence-electron chi connectivity index (χ4n) is 2.72. The fourth-order valence-corrected chi connectivity index (χ4v) is 3.08. The molecule has 0 unspecified atom stereocenters. The molecule has 1 fully saturated rings. The average molecular weight is 382 g/mol. The zero-order chi connectivity index (χ0) is 18.0. The Morgan fingerprint density at radius 3 is 2.40 bits per heavy atom. The number of anilines is 2. The van der Waals surface area contributed by atoms with Crippen LogP contribution in [0.25, 0.3) is 0 Å². The first kappa shape index (κ1) is 17.8. The second-order valence-corrected chi connectivity index (χ2v) is 6.78. The number of nitrogens with zero attached hydrogens (tertiary/aromatic N) is 2. The molecule has 4 nitrogen and oxygen atoms in total. The van der Waals surface area contributed by atoms with Crippen LogP contribution in [0.1, 0.15) is 5.56 Å². The van der Waals surface area contributed by atoms with Crippen molar-refractivity contribution in [1.29, 1.82) is 0 Å². The number of hydrogen-bond acceptors (Lipinski definition) is 2. The molecule has 1 heterocycles. The molecule has 0 bridgehead atoms. The predicted molar refractivity (Wildman–Crippen MR) is 100 cm³/mol. The third-order valence-electron chi connectivity index (χ3n) is 4.26. The van der Waals surface area contributed by atoms with Gasteiger partial charge in [0.2, 0.25) is 0 Å². The number of halogens is 3. The highest BCUT2D eigenvalue weighted by atomic mass is 35.5. The number of carbonyl (C=O) groups excluding carboxylic acids is 1. The van der Waals surface area contributed by atoms with Crippen molar-refractivity contribution in [3.05, 3.63) is 57.8 Å². The van der Waals surface area contributed by atoms with E-state index in [0.29, 0.717) is 18.8 Å². The number of piperazine rings is 1. The summed E-state index contributed by atoms with van der Waals surface area (Å²) >= 11 is 11.9. The first-order chi connectivity index (χ1) is 11.9. The molecule has 1 saturated heterocycles. The number of carbonyl (C=O) groups is 1. The number of nitrogens with one attached hydrogen (secondary N) is 1. The third-order valence-corrected chi connectivity index (χ3v) is 4.96. The summed E-state index contributed by atoms with van der Waals surface area (Å²) < 4.78 is 13.2. The van der Waals surface area contributed by atoms with Crippen LogP contribution in [0.5, 0.6) is 0 Å². The molecule has 1 aliphatic heterocycles. The Morgan fingerprint density at radius 2 is 1.76 bits per heavy atom. The zero-order valence-corrected chi connectivity index (χ0v) is 15.2. The standard InChI is InChI=1S/C18H18Cl2FN3O/c1-12-2-4-14(11-15(12)19)23-6-8-24(9-7-23)18(25)22-13-3-5-17(21)16(20)10-13/h2-5,10-11H,6-9H2,1H3,(H,22,25). The van der Waals surface area contributed by atoms with Gasteiger partial charge in [-0.1, -0.05) is 29.3 Å². The lowest BCUT2D eigenvalue weighted by molar-refractivity contribution is 0.208. The van der Waals surface area contributed by atoms with Crippen LogP contribution >= 0.6 is 23.2 Å². The van der Waals surface area contributed by atoms with Crippen LogP contribution < -0.4 is 10.2 Å². The normalized spacial score (nSPS) is 14.6. The van der Waals surface area contributed by atoms with E-state index < -0.39 is 5.82 Å². The second-order valence-electron chi connectivity index (χ2n) is 5.97. The average Bonchev–Trinajstić information content (AvgIpc) is 2.61. The molecule has 2 aromatic rings. The van der Waals surface area contributed by atoms with Crippen LogP contribution in [-0.4, -0.2) is 37.1 Å². The molecule has 25 heavy (non-hydrogen) atoms. The van der Waals surface area contributed by atoms with Gasteiger partial charge in [0.15, 0.2) is 0 Å². The van der Waals surface area contributed by atoms with Crippen molar-refractivity contribution >= 4 is 40.6 Å². The summed E-state index contributed by atoms with van der Waals surface area (Å²) in [6.45, 7) is 4.59.